The van der Waals surface area contributed by atoms with Crippen molar-refractivity contribution in [3.05, 3.63) is 29.8 Å². The zero-order valence-electron chi connectivity index (χ0n) is 13.7. The molecule has 1 aliphatic rings. The highest BCUT2D eigenvalue weighted by atomic mass is 16.5. The third-order valence-corrected chi connectivity index (χ3v) is 3.78. The normalized spacial score (nSPS) is 18.0. The van der Waals surface area contributed by atoms with Gasteiger partial charge < -0.3 is 14.8 Å². The van der Waals surface area contributed by atoms with Crippen LogP contribution in [0.15, 0.2) is 24.3 Å². The van der Waals surface area contributed by atoms with E-state index in [1.165, 1.54) is 0 Å². The Morgan fingerprint density at radius 2 is 2.18 bits per heavy atom. The number of amides is 1. The third kappa shape index (κ3) is 5.00. The number of methoxy groups -OCH3 is 1. The fourth-order valence-electron chi connectivity index (χ4n) is 2.75. The Balaban J connectivity index is 1.74. The quantitative estimate of drug-likeness (QED) is 0.864. The first-order valence-corrected chi connectivity index (χ1v) is 7.75. The van der Waals surface area contributed by atoms with Crippen LogP contribution in [-0.2, 0) is 16.0 Å². The van der Waals surface area contributed by atoms with E-state index in [2.05, 4.69) is 24.1 Å². The molecule has 0 bridgehead atoms. The van der Waals surface area contributed by atoms with Crippen LogP contribution < -0.4 is 10.1 Å². The van der Waals surface area contributed by atoms with Crippen LogP contribution >= 0.6 is 0 Å². The average Bonchev–Trinajstić information content (AvgIpc) is 2.46. The highest BCUT2D eigenvalue weighted by Gasteiger charge is 2.27. The van der Waals surface area contributed by atoms with Gasteiger partial charge in [-0.3, -0.25) is 9.69 Å². The van der Waals surface area contributed by atoms with Gasteiger partial charge in [-0.15, -0.1) is 0 Å². The van der Waals surface area contributed by atoms with Gasteiger partial charge in [0, 0.05) is 19.6 Å². The Kier molecular flexibility index (Phi) is 5.80. The van der Waals surface area contributed by atoms with Crippen LogP contribution in [0, 0.1) is 0 Å². The molecule has 5 nitrogen and oxygen atoms in total. The lowest BCUT2D eigenvalue weighted by Gasteiger charge is -2.37. The SMILES string of the molecule is COc1ccccc1CCNC(=O)CN1CCOC(C)(C)C1. The Labute approximate surface area is 132 Å². The molecule has 0 aromatic heterocycles. The number of carbonyl (C=O) groups is 1. The van der Waals surface area contributed by atoms with E-state index < -0.39 is 0 Å². The summed E-state index contributed by atoms with van der Waals surface area (Å²) in [5.74, 6) is 0.930. The van der Waals surface area contributed by atoms with Crippen molar-refractivity contribution in [1.29, 1.82) is 0 Å². The highest BCUT2D eigenvalue weighted by Crippen LogP contribution is 2.17. The van der Waals surface area contributed by atoms with Crippen LogP contribution in [0.5, 0.6) is 5.75 Å². The van der Waals surface area contributed by atoms with Crippen molar-refractivity contribution >= 4 is 5.91 Å². The van der Waals surface area contributed by atoms with Crippen molar-refractivity contribution in [1.82, 2.24) is 10.2 Å². The highest BCUT2D eigenvalue weighted by molar-refractivity contribution is 5.78. The smallest absolute Gasteiger partial charge is 0.234 e. The molecule has 0 saturated carbocycles. The van der Waals surface area contributed by atoms with Gasteiger partial charge in [0.1, 0.15) is 5.75 Å². The van der Waals surface area contributed by atoms with Crippen molar-refractivity contribution in [3.63, 3.8) is 0 Å². The van der Waals surface area contributed by atoms with Gasteiger partial charge in [0.15, 0.2) is 0 Å². The second-order valence-corrected chi connectivity index (χ2v) is 6.23. The molecule has 1 amide bonds. The number of para-hydroxylation sites is 1. The summed E-state index contributed by atoms with van der Waals surface area (Å²) < 4.78 is 11.0. The average molecular weight is 306 g/mol. The number of nitrogens with zero attached hydrogens (tertiary/aromatic N) is 1. The second kappa shape index (κ2) is 7.61. The lowest BCUT2D eigenvalue weighted by Crippen LogP contribution is -2.51. The molecule has 0 unspecified atom stereocenters. The number of nitrogens with one attached hydrogen (secondary N) is 1. The predicted molar refractivity (Wildman–Crippen MR) is 86.2 cm³/mol. The lowest BCUT2D eigenvalue weighted by molar-refractivity contribution is -0.127. The van der Waals surface area contributed by atoms with Gasteiger partial charge in [0.2, 0.25) is 5.91 Å². The molecule has 1 aromatic carbocycles. The van der Waals surface area contributed by atoms with E-state index >= 15 is 0 Å². The summed E-state index contributed by atoms with van der Waals surface area (Å²) in [6.45, 7) is 7.43. The van der Waals surface area contributed by atoms with Gasteiger partial charge in [-0.05, 0) is 31.9 Å². The largest absolute Gasteiger partial charge is 0.496 e. The molecule has 1 aromatic rings. The van der Waals surface area contributed by atoms with Gasteiger partial charge in [-0.25, -0.2) is 0 Å². The molecule has 5 heteroatoms. The Morgan fingerprint density at radius 3 is 2.91 bits per heavy atom. The molecule has 0 atom stereocenters. The van der Waals surface area contributed by atoms with Crippen molar-refractivity contribution in [2.45, 2.75) is 25.9 Å². The molecule has 1 fully saturated rings. The van der Waals surface area contributed by atoms with Gasteiger partial charge >= 0.3 is 0 Å². The van der Waals surface area contributed by atoms with Crippen LogP contribution in [0.25, 0.3) is 0 Å². The third-order valence-electron chi connectivity index (χ3n) is 3.78. The summed E-state index contributed by atoms with van der Waals surface area (Å²) in [4.78, 5) is 14.2. The van der Waals surface area contributed by atoms with E-state index in [0.29, 0.717) is 19.7 Å². The summed E-state index contributed by atoms with van der Waals surface area (Å²) in [6.07, 6.45) is 0.768. The maximum absolute atomic E-state index is 12.0. The predicted octanol–water partition coefficient (Wildman–Crippen LogP) is 1.46. The number of hydrogen-bond donors (Lipinski definition) is 1. The molecule has 22 heavy (non-hydrogen) atoms. The van der Waals surface area contributed by atoms with Crippen LogP contribution in [0.3, 0.4) is 0 Å². The standard InChI is InChI=1S/C17H26N2O3/c1-17(2)13-19(10-11-22-17)12-16(20)18-9-8-14-6-4-5-7-15(14)21-3/h4-7H,8-13H2,1-3H3,(H,18,20). The van der Waals surface area contributed by atoms with Crippen molar-refractivity contribution in [2.24, 2.45) is 0 Å². The van der Waals surface area contributed by atoms with Crippen molar-refractivity contribution in [2.75, 3.05) is 39.9 Å². The number of ether oxygens (including phenoxy) is 2. The van der Waals surface area contributed by atoms with E-state index in [-0.39, 0.29) is 11.5 Å². The van der Waals surface area contributed by atoms with Crippen LogP contribution in [-0.4, -0.2) is 56.3 Å². The number of hydrogen-bond acceptors (Lipinski definition) is 4. The molecule has 1 aliphatic heterocycles. The van der Waals surface area contributed by atoms with Gasteiger partial charge in [0.25, 0.3) is 0 Å². The molecule has 0 aliphatic carbocycles. The first-order valence-electron chi connectivity index (χ1n) is 7.75. The van der Waals surface area contributed by atoms with Gasteiger partial charge in [-0.1, -0.05) is 18.2 Å². The molecule has 1 N–H and O–H groups in total. The Hall–Kier alpha value is -1.59. The zero-order valence-corrected chi connectivity index (χ0v) is 13.7. The summed E-state index contributed by atoms with van der Waals surface area (Å²) in [5.41, 5.74) is 0.938. The maximum Gasteiger partial charge on any atom is 0.234 e. The van der Waals surface area contributed by atoms with E-state index in [1.54, 1.807) is 7.11 Å². The van der Waals surface area contributed by atoms with E-state index in [4.69, 9.17) is 9.47 Å². The summed E-state index contributed by atoms with van der Waals surface area (Å²) in [7, 11) is 1.66. The number of rotatable bonds is 6. The molecule has 1 saturated heterocycles. The van der Waals surface area contributed by atoms with E-state index in [9.17, 15) is 4.79 Å². The minimum atomic E-state index is -0.171. The zero-order chi connectivity index (χ0) is 16.0. The maximum atomic E-state index is 12.0. The van der Waals surface area contributed by atoms with Crippen LogP contribution in [0.1, 0.15) is 19.4 Å². The molecular formula is C17H26N2O3. The molecule has 122 valence electrons. The van der Waals surface area contributed by atoms with Crippen LogP contribution in [0.2, 0.25) is 0 Å². The minimum Gasteiger partial charge on any atom is -0.496 e. The summed E-state index contributed by atoms with van der Waals surface area (Å²) in [5, 5.41) is 2.98. The molecular weight excluding hydrogens is 280 g/mol. The van der Waals surface area contributed by atoms with Gasteiger partial charge in [0.05, 0.1) is 25.9 Å². The van der Waals surface area contributed by atoms with Crippen molar-refractivity contribution < 1.29 is 14.3 Å². The molecule has 2 rings (SSSR count). The molecule has 0 spiro atoms. The van der Waals surface area contributed by atoms with E-state index in [0.717, 1.165) is 30.8 Å². The number of carbonyl (C=O) groups excluding carboxylic acids is 1. The number of morpholine rings is 1. The first kappa shape index (κ1) is 16.8. The molecule has 1 heterocycles. The second-order valence-electron chi connectivity index (χ2n) is 6.23. The summed E-state index contributed by atoms with van der Waals surface area (Å²) >= 11 is 0. The van der Waals surface area contributed by atoms with Crippen molar-refractivity contribution in [3.8, 4) is 5.75 Å². The lowest BCUT2D eigenvalue weighted by atomic mass is 10.1. The van der Waals surface area contributed by atoms with Crippen LogP contribution in [0.4, 0.5) is 0 Å². The fourth-order valence-corrected chi connectivity index (χ4v) is 2.75. The first-order chi connectivity index (χ1) is 10.5. The monoisotopic (exact) mass is 306 g/mol. The van der Waals surface area contributed by atoms with Gasteiger partial charge in [-0.2, -0.15) is 0 Å². The number of benzene rings is 1. The summed E-state index contributed by atoms with van der Waals surface area (Å²) in [6, 6.07) is 7.89. The Morgan fingerprint density at radius 1 is 1.41 bits per heavy atom. The van der Waals surface area contributed by atoms with E-state index in [1.807, 2.05) is 24.3 Å². The molecule has 0 radical (unpaired) electrons. The fraction of sp³-hybridized carbons (Fsp3) is 0.588. The Bertz CT molecular complexity index is 502. The minimum absolute atomic E-state index is 0.0626. The topological polar surface area (TPSA) is 50.8 Å².